The summed E-state index contributed by atoms with van der Waals surface area (Å²) >= 11 is 0. The van der Waals surface area contributed by atoms with Gasteiger partial charge in [0.05, 0.1) is 24.4 Å². The molecule has 0 bridgehead atoms. The zero-order valence-electron chi connectivity index (χ0n) is 17.4. The Balaban J connectivity index is 1.33. The lowest BCUT2D eigenvalue weighted by Gasteiger charge is -2.07. The van der Waals surface area contributed by atoms with Gasteiger partial charge >= 0.3 is 5.97 Å². The molecule has 3 aromatic rings. The number of ether oxygens (including phenoxy) is 2. The van der Waals surface area contributed by atoms with E-state index in [9.17, 15) is 4.79 Å². The van der Waals surface area contributed by atoms with Crippen LogP contribution in [0.1, 0.15) is 11.1 Å². The van der Waals surface area contributed by atoms with E-state index in [1.807, 2.05) is 48.5 Å². The number of esters is 1. The van der Waals surface area contributed by atoms with Crippen molar-refractivity contribution in [3.05, 3.63) is 83.9 Å². The standard InChI is InChI=1S/C25H20N2O3S2/c1-29-23-12-6-19(7-13-23)3-2-18-4-8-21(9-5-18)26-27-22-10-14-24(15-11-22)30-25(28)20-16-31-32-17-20/h4-15,20H,16-17H2,1H3. The van der Waals surface area contributed by atoms with E-state index in [1.54, 1.807) is 53.0 Å². The van der Waals surface area contributed by atoms with E-state index in [1.165, 1.54) is 0 Å². The summed E-state index contributed by atoms with van der Waals surface area (Å²) < 4.78 is 10.6. The van der Waals surface area contributed by atoms with Crippen molar-refractivity contribution in [2.24, 2.45) is 16.1 Å². The molecule has 1 heterocycles. The zero-order chi connectivity index (χ0) is 22.2. The van der Waals surface area contributed by atoms with Gasteiger partial charge in [-0.2, -0.15) is 10.2 Å². The first-order valence-electron chi connectivity index (χ1n) is 9.94. The lowest BCUT2D eigenvalue weighted by atomic mass is 10.1. The first-order chi connectivity index (χ1) is 15.7. The molecule has 0 amide bonds. The summed E-state index contributed by atoms with van der Waals surface area (Å²) in [7, 11) is 5.06. The van der Waals surface area contributed by atoms with Crippen molar-refractivity contribution >= 4 is 38.9 Å². The molecule has 0 saturated carbocycles. The van der Waals surface area contributed by atoms with Crippen LogP contribution in [0.25, 0.3) is 0 Å². The third kappa shape index (κ3) is 6.16. The second kappa shape index (κ2) is 10.9. The average molecular weight is 461 g/mol. The molecule has 7 heteroatoms. The number of carbonyl (C=O) groups excluding carboxylic acids is 1. The first kappa shape index (κ1) is 22.0. The van der Waals surface area contributed by atoms with Gasteiger partial charge in [-0.1, -0.05) is 33.4 Å². The third-order valence-electron chi connectivity index (χ3n) is 4.60. The van der Waals surface area contributed by atoms with Crippen molar-refractivity contribution < 1.29 is 14.3 Å². The first-order valence-corrected chi connectivity index (χ1v) is 12.4. The Morgan fingerprint density at radius 1 is 0.781 bits per heavy atom. The highest BCUT2D eigenvalue weighted by atomic mass is 33.1. The molecule has 160 valence electrons. The monoisotopic (exact) mass is 460 g/mol. The molecule has 3 aromatic carbocycles. The summed E-state index contributed by atoms with van der Waals surface area (Å²) in [6, 6.07) is 22.2. The summed E-state index contributed by atoms with van der Waals surface area (Å²) in [6.45, 7) is 0. The average Bonchev–Trinajstić information content (AvgIpc) is 3.39. The van der Waals surface area contributed by atoms with E-state index in [4.69, 9.17) is 9.47 Å². The Kier molecular flexibility index (Phi) is 7.49. The van der Waals surface area contributed by atoms with Gasteiger partial charge in [-0.05, 0) is 72.8 Å². The highest BCUT2D eigenvalue weighted by Gasteiger charge is 2.25. The molecular formula is C25H20N2O3S2. The van der Waals surface area contributed by atoms with Gasteiger partial charge in [0.1, 0.15) is 11.5 Å². The van der Waals surface area contributed by atoms with Crippen LogP contribution in [0, 0.1) is 17.8 Å². The van der Waals surface area contributed by atoms with Crippen molar-refractivity contribution in [2.45, 2.75) is 0 Å². The molecule has 0 aliphatic carbocycles. The Morgan fingerprint density at radius 2 is 1.25 bits per heavy atom. The van der Waals surface area contributed by atoms with Crippen LogP contribution in [0.5, 0.6) is 11.5 Å². The summed E-state index contributed by atoms with van der Waals surface area (Å²) in [5.41, 5.74) is 3.22. The fourth-order valence-electron chi connectivity index (χ4n) is 2.77. The Morgan fingerprint density at radius 3 is 1.78 bits per heavy atom. The van der Waals surface area contributed by atoms with Crippen molar-refractivity contribution in [1.82, 2.24) is 0 Å². The maximum atomic E-state index is 12.1. The summed E-state index contributed by atoms with van der Waals surface area (Å²) in [5, 5.41) is 8.50. The van der Waals surface area contributed by atoms with E-state index < -0.39 is 0 Å². The molecule has 1 aliphatic rings. The van der Waals surface area contributed by atoms with Gasteiger partial charge in [-0.25, -0.2) is 0 Å². The molecule has 0 radical (unpaired) electrons. The van der Waals surface area contributed by atoms with Crippen molar-refractivity contribution in [2.75, 3.05) is 18.6 Å². The summed E-state index contributed by atoms with van der Waals surface area (Å²) in [4.78, 5) is 12.1. The van der Waals surface area contributed by atoms with Crippen LogP contribution in [0.4, 0.5) is 11.4 Å². The smallest absolute Gasteiger partial charge is 0.316 e. The Labute approximate surface area is 195 Å². The largest absolute Gasteiger partial charge is 0.497 e. The maximum absolute atomic E-state index is 12.1. The molecule has 1 fully saturated rings. The molecule has 0 N–H and O–H groups in total. The van der Waals surface area contributed by atoms with Crippen LogP contribution in [-0.4, -0.2) is 24.6 Å². The van der Waals surface area contributed by atoms with Crippen LogP contribution < -0.4 is 9.47 Å². The van der Waals surface area contributed by atoms with E-state index in [2.05, 4.69) is 22.1 Å². The van der Waals surface area contributed by atoms with E-state index in [0.29, 0.717) is 11.4 Å². The normalized spacial score (nSPS) is 13.5. The highest BCUT2D eigenvalue weighted by molar-refractivity contribution is 8.77. The predicted molar refractivity (Wildman–Crippen MR) is 130 cm³/mol. The van der Waals surface area contributed by atoms with Crippen molar-refractivity contribution in [3.63, 3.8) is 0 Å². The minimum atomic E-state index is -0.174. The van der Waals surface area contributed by atoms with Crippen LogP contribution in [0.2, 0.25) is 0 Å². The fraction of sp³-hybridized carbons (Fsp3) is 0.160. The Hall–Kier alpha value is -3.21. The number of rotatable bonds is 5. The van der Waals surface area contributed by atoms with E-state index in [0.717, 1.165) is 34.1 Å². The maximum Gasteiger partial charge on any atom is 0.316 e. The third-order valence-corrected chi connectivity index (χ3v) is 7.16. The van der Waals surface area contributed by atoms with Gasteiger partial charge in [0.15, 0.2) is 0 Å². The fourth-order valence-corrected chi connectivity index (χ4v) is 5.51. The lowest BCUT2D eigenvalue weighted by Crippen LogP contribution is -2.21. The topological polar surface area (TPSA) is 60.3 Å². The molecule has 1 saturated heterocycles. The van der Waals surface area contributed by atoms with Crippen molar-refractivity contribution in [1.29, 1.82) is 0 Å². The summed E-state index contributed by atoms with van der Waals surface area (Å²) in [5.74, 6) is 9.00. The van der Waals surface area contributed by atoms with Crippen LogP contribution >= 0.6 is 21.6 Å². The zero-order valence-corrected chi connectivity index (χ0v) is 19.0. The van der Waals surface area contributed by atoms with Gasteiger partial charge in [0.25, 0.3) is 0 Å². The van der Waals surface area contributed by atoms with Gasteiger partial charge < -0.3 is 9.47 Å². The second-order valence-electron chi connectivity index (χ2n) is 6.91. The quantitative estimate of drug-likeness (QED) is 0.144. The number of hydrogen-bond acceptors (Lipinski definition) is 7. The molecule has 1 aliphatic heterocycles. The van der Waals surface area contributed by atoms with Crippen molar-refractivity contribution in [3.8, 4) is 23.3 Å². The molecule has 32 heavy (non-hydrogen) atoms. The van der Waals surface area contributed by atoms with E-state index in [-0.39, 0.29) is 11.9 Å². The van der Waals surface area contributed by atoms with Crippen LogP contribution in [0.3, 0.4) is 0 Å². The molecule has 0 aromatic heterocycles. The number of nitrogens with zero attached hydrogens (tertiary/aromatic N) is 2. The molecule has 0 spiro atoms. The number of methoxy groups -OCH3 is 1. The molecule has 0 unspecified atom stereocenters. The van der Waals surface area contributed by atoms with Gasteiger partial charge in [0.2, 0.25) is 0 Å². The highest BCUT2D eigenvalue weighted by Crippen LogP contribution is 2.35. The Bertz CT molecular complexity index is 1140. The minimum Gasteiger partial charge on any atom is -0.497 e. The number of carbonyl (C=O) groups is 1. The number of benzene rings is 3. The van der Waals surface area contributed by atoms with Gasteiger partial charge in [-0.15, -0.1) is 0 Å². The molecule has 4 rings (SSSR count). The predicted octanol–water partition coefficient (Wildman–Crippen LogP) is 6.43. The number of azo groups is 1. The second-order valence-corrected chi connectivity index (χ2v) is 9.46. The van der Waals surface area contributed by atoms with Crippen LogP contribution in [0.15, 0.2) is 83.0 Å². The SMILES string of the molecule is COc1ccc(C#Cc2ccc(N=Nc3ccc(OC(=O)C4CSSC4)cc3)cc2)cc1. The molecule has 0 atom stereocenters. The molecular weight excluding hydrogens is 440 g/mol. The van der Waals surface area contributed by atoms with Crippen LogP contribution in [-0.2, 0) is 4.79 Å². The summed E-state index contributed by atoms with van der Waals surface area (Å²) in [6.07, 6.45) is 0. The number of hydrogen-bond donors (Lipinski definition) is 0. The lowest BCUT2D eigenvalue weighted by molar-refractivity contribution is -0.137. The minimum absolute atomic E-state index is 0.0340. The van der Waals surface area contributed by atoms with Gasteiger partial charge in [-0.3, -0.25) is 4.79 Å². The van der Waals surface area contributed by atoms with E-state index >= 15 is 0 Å². The van der Waals surface area contributed by atoms with Gasteiger partial charge in [0, 0.05) is 22.6 Å². The molecule has 5 nitrogen and oxygen atoms in total.